The molecule has 0 atom stereocenters. The topological polar surface area (TPSA) is 42.3 Å². The van der Waals surface area contributed by atoms with E-state index in [1.807, 2.05) is 0 Å². The van der Waals surface area contributed by atoms with Crippen molar-refractivity contribution in [3.63, 3.8) is 0 Å². The molecule has 0 bridgehead atoms. The largest absolute Gasteiger partial charge is 0.294 e. The fourth-order valence-electron chi connectivity index (χ4n) is 1.08. The lowest BCUT2D eigenvalue weighted by Crippen LogP contribution is -2.04. The van der Waals surface area contributed by atoms with Crippen molar-refractivity contribution >= 4 is 33.6 Å². The average molecular weight is 225 g/mol. The maximum absolute atomic E-state index is 11.3. The molecule has 1 aromatic rings. The molecule has 0 saturated heterocycles. The third kappa shape index (κ3) is 1.18. The first-order valence-electron chi connectivity index (χ1n) is 3.48. The molecule has 0 N–H and O–H groups in total. The standard InChI is InChI=1S/C8H5BrN2O/c9-8-3-6-5(4-11-8)7(12)1-2-10-6/h2-4H,1H2. The van der Waals surface area contributed by atoms with Crippen molar-refractivity contribution in [3.05, 3.63) is 22.4 Å². The maximum Gasteiger partial charge on any atom is 0.171 e. The Morgan fingerprint density at radius 2 is 2.33 bits per heavy atom. The van der Waals surface area contributed by atoms with Crippen LogP contribution in [-0.2, 0) is 0 Å². The smallest absolute Gasteiger partial charge is 0.171 e. The summed E-state index contributed by atoms with van der Waals surface area (Å²) in [7, 11) is 0. The summed E-state index contributed by atoms with van der Waals surface area (Å²) in [5.41, 5.74) is 1.31. The first-order valence-corrected chi connectivity index (χ1v) is 4.28. The Kier molecular flexibility index (Phi) is 1.77. The highest BCUT2D eigenvalue weighted by atomic mass is 79.9. The molecule has 2 heterocycles. The van der Waals surface area contributed by atoms with Gasteiger partial charge in [-0.3, -0.25) is 9.79 Å². The van der Waals surface area contributed by atoms with E-state index in [9.17, 15) is 4.79 Å². The number of halogens is 1. The van der Waals surface area contributed by atoms with Crippen molar-refractivity contribution in [2.45, 2.75) is 6.42 Å². The number of nitrogens with zero attached hydrogens (tertiary/aromatic N) is 2. The number of carbonyl (C=O) groups is 1. The first kappa shape index (κ1) is 7.61. The van der Waals surface area contributed by atoms with Crippen LogP contribution in [0.3, 0.4) is 0 Å². The molecule has 1 aliphatic rings. The van der Waals surface area contributed by atoms with Crippen LogP contribution in [0.15, 0.2) is 21.9 Å². The summed E-state index contributed by atoms with van der Waals surface area (Å²) in [5, 5.41) is 0. The lowest BCUT2D eigenvalue weighted by Gasteiger charge is -2.06. The molecule has 0 aromatic carbocycles. The number of rotatable bonds is 0. The number of hydrogen-bond acceptors (Lipinski definition) is 3. The van der Waals surface area contributed by atoms with Gasteiger partial charge in [-0.25, -0.2) is 4.98 Å². The number of Topliss-reactive ketones (excluding diaryl/α,β-unsaturated/α-hetero) is 1. The van der Waals surface area contributed by atoms with Crippen LogP contribution in [0.25, 0.3) is 0 Å². The number of ketones is 1. The summed E-state index contributed by atoms with van der Waals surface area (Å²) >= 11 is 3.21. The van der Waals surface area contributed by atoms with Crippen LogP contribution in [0.4, 0.5) is 5.69 Å². The van der Waals surface area contributed by atoms with Gasteiger partial charge in [0.25, 0.3) is 0 Å². The van der Waals surface area contributed by atoms with E-state index in [1.54, 1.807) is 18.5 Å². The molecule has 0 spiro atoms. The van der Waals surface area contributed by atoms with Crippen molar-refractivity contribution in [1.82, 2.24) is 4.98 Å². The van der Waals surface area contributed by atoms with Crippen LogP contribution < -0.4 is 0 Å². The number of fused-ring (bicyclic) bond motifs is 1. The van der Waals surface area contributed by atoms with Crippen LogP contribution in [0.1, 0.15) is 16.8 Å². The monoisotopic (exact) mass is 224 g/mol. The van der Waals surface area contributed by atoms with Crippen molar-refractivity contribution < 1.29 is 4.79 Å². The Morgan fingerprint density at radius 1 is 1.50 bits per heavy atom. The number of aliphatic imine (C=N–C) groups is 1. The second-order valence-corrected chi connectivity index (χ2v) is 3.28. The van der Waals surface area contributed by atoms with Gasteiger partial charge < -0.3 is 0 Å². The van der Waals surface area contributed by atoms with Gasteiger partial charge >= 0.3 is 0 Å². The molecular formula is C8H5BrN2O. The third-order valence-electron chi connectivity index (χ3n) is 1.66. The second kappa shape index (κ2) is 2.79. The van der Waals surface area contributed by atoms with Gasteiger partial charge in [-0.15, -0.1) is 0 Å². The minimum atomic E-state index is 0.0833. The molecular weight excluding hydrogens is 220 g/mol. The van der Waals surface area contributed by atoms with Crippen LogP contribution in [0.5, 0.6) is 0 Å². The molecule has 0 fully saturated rings. The highest BCUT2D eigenvalue weighted by molar-refractivity contribution is 9.10. The van der Waals surface area contributed by atoms with Gasteiger partial charge in [0.2, 0.25) is 0 Å². The van der Waals surface area contributed by atoms with Gasteiger partial charge in [-0.05, 0) is 22.0 Å². The minimum absolute atomic E-state index is 0.0833. The molecule has 4 heteroatoms. The summed E-state index contributed by atoms with van der Waals surface area (Å²) < 4.78 is 0.702. The predicted octanol–water partition coefficient (Wildman–Crippen LogP) is 2.13. The van der Waals surface area contributed by atoms with E-state index in [-0.39, 0.29) is 5.78 Å². The van der Waals surface area contributed by atoms with Crippen molar-refractivity contribution in [2.24, 2.45) is 4.99 Å². The highest BCUT2D eigenvalue weighted by Crippen LogP contribution is 2.25. The lowest BCUT2D eigenvalue weighted by molar-refractivity contribution is 0.100. The van der Waals surface area contributed by atoms with E-state index in [2.05, 4.69) is 25.9 Å². The van der Waals surface area contributed by atoms with E-state index < -0.39 is 0 Å². The van der Waals surface area contributed by atoms with Gasteiger partial charge in [0.1, 0.15) is 4.60 Å². The summed E-state index contributed by atoms with van der Waals surface area (Å²) in [4.78, 5) is 19.3. The normalized spacial score (nSPS) is 14.6. The summed E-state index contributed by atoms with van der Waals surface area (Å²) in [6.45, 7) is 0. The van der Waals surface area contributed by atoms with E-state index in [1.165, 1.54) is 0 Å². The SMILES string of the molecule is O=C1CC=Nc2cc(Br)ncc21. The van der Waals surface area contributed by atoms with Crippen molar-refractivity contribution in [1.29, 1.82) is 0 Å². The van der Waals surface area contributed by atoms with Gasteiger partial charge in [0.05, 0.1) is 11.3 Å². The maximum atomic E-state index is 11.3. The molecule has 1 aromatic heterocycles. The Labute approximate surface area is 77.7 Å². The zero-order valence-electron chi connectivity index (χ0n) is 6.12. The molecule has 0 unspecified atom stereocenters. The average Bonchev–Trinajstić information content (AvgIpc) is 2.04. The van der Waals surface area contributed by atoms with Crippen LogP contribution in [0.2, 0.25) is 0 Å². The van der Waals surface area contributed by atoms with Gasteiger partial charge in [-0.1, -0.05) is 0 Å². The number of carbonyl (C=O) groups excluding carboxylic acids is 1. The van der Waals surface area contributed by atoms with Crippen molar-refractivity contribution in [2.75, 3.05) is 0 Å². The predicted molar refractivity (Wildman–Crippen MR) is 49.0 cm³/mol. The van der Waals surface area contributed by atoms with Crippen molar-refractivity contribution in [3.8, 4) is 0 Å². The molecule has 60 valence electrons. The summed E-state index contributed by atoms with van der Waals surface area (Å²) in [5.74, 6) is 0.0833. The molecule has 3 nitrogen and oxygen atoms in total. The number of pyridine rings is 1. The molecule has 0 amide bonds. The van der Waals surface area contributed by atoms with Crippen LogP contribution >= 0.6 is 15.9 Å². The number of hydrogen-bond donors (Lipinski definition) is 0. The molecule has 0 aliphatic carbocycles. The van der Waals surface area contributed by atoms with Crippen LogP contribution in [-0.4, -0.2) is 17.0 Å². The quantitative estimate of drug-likeness (QED) is 0.634. The third-order valence-corrected chi connectivity index (χ3v) is 2.09. The summed E-state index contributed by atoms with van der Waals surface area (Å²) in [6.07, 6.45) is 3.56. The lowest BCUT2D eigenvalue weighted by atomic mass is 10.1. The van der Waals surface area contributed by atoms with Crippen LogP contribution in [0, 0.1) is 0 Å². The minimum Gasteiger partial charge on any atom is -0.294 e. The van der Waals surface area contributed by atoms with Gasteiger partial charge in [-0.2, -0.15) is 0 Å². The molecule has 0 radical (unpaired) electrons. The second-order valence-electron chi connectivity index (χ2n) is 2.46. The Morgan fingerprint density at radius 3 is 3.17 bits per heavy atom. The zero-order chi connectivity index (χ0) is 8.55. The van der Waals surface area contributed by atoms with E-state index in [0.717, 1.165) is 0 Å². The molecule has 2 rings (SSSR count). The zero-order valence-corrected chi connectivity index (χ0v) is 7.71. The Hall–Kier alpha value is -1.03. The Balaban J connectivity index is 2.62. The molecule has 0 saturated carbocycles. The molecule has 12 heavy (non-hydrogen) atoms. The van der Waals surface area contributed by atoms with Gasteiger partial charge in [0.15, 0.2) is 5.78 Å². The summed E-state index contributed by atoms with van der Waals surface area (Å²) in [6, 6.07) is 1.74. The first-order chi connectivity index (χ1) is 5.77. The van der Waals surface area contributed by atoms with E-state index in [4.69, 9.17) is 0 Å². The highest BCUT2D eigenvalue weighted by Gasteiger charge is 2.14. The van der Waals surface area contributed by atoms with E-state index in [0.29, 0.717) is 22.3 Å². The van der Waals surface area contributed by atoms with Gasteiger partial charge in [0, 0.05) is 18.8 Å². The Bertz CT molecular complexity index is 373. The van der Waals surface area contributed by atoms with E-state index >= 15 is 0 Å². The number of aromatic nitrogens is 1. The molecule has 1 aliphatic heterocycles. The fourth-order valence-corrected chi connectivity index (χ4v) is 1.40. The fraction of sp³-hybridized carbons (Fsp3) is 0.125.